The molecule has 0 saturated carbocycles. The molecule has 14 heavy (non-hydrogen) atoms. The number of pyridine rings is 1. The lowest BCUT2D eigenvalue weighted by atomic mass is 10.1. The second-order valence-electron chi connectivity index (χ2n) is 3.67. The summed E-state index contributed by atoms with van der Waals surface area (Å²) in [4.78, 5) is 15.4. The Morgan fingerprint density at radius 3 is 2.64 bits per heavy atom. The summed E-state index contributed by atoms with van der Waals surface area (Å²) in [6.45, 7) is 5.72. The largest absolute Gasteiger partial charge is 0.349 e. The maximum absolute atomic E-state index is 11.4. The summed E-state index contributed by atoms with van der Waals surface area (Å²) >= 11 is 0. The van der Waals surface area contributed by atoms with Crippen molar-refractivity contribution < 1.29 is 4.79 Å². The van der Waals surface area contributed by atoms with Crippen molar-refractivity contribution in [2.24, 2.45) is 5.92 Å². The number of nitrogens with one attached hydrogen (secondary N) is 1. The first-order valence-electron chi connectivity index (χ1n) is 4.81. The van der Waals surface area contributed by atoms with E-state index in [4.69, 9.17) is 0 Å². The van der Waals surface area contributed by atoms with E-state index in [9.17, 15) is 4.79 Å². The Balaban J connectivity index is 2.59. The van der Waals surface area contributed by atoms with Gasteiger partial charge < -0.3 is 5.32 Å². The van der Waals surface area contributed by atoms with E-state index in [0.29, 0.717) is 0 Å². The van der Waals surface area contributed by atoms with E-state index < -0.39 is 0 Å². The van der Waals surface area contributed by atoms with Crippen molar-refractivity contribution in [1.82, 2.24) is 10.3 Å². The van der Waals surface area contributed by atoms with Crippen molar-refractivity contribution >= 4 is 5.91 Å². The highest BCUT2D eigenvalue weighted by atomic mass is 16.1. The maximum Gasteiger partial charge on any atom is 0.223 e. The normalized spacial score (nSPS) is 12.6. The van der Waals surface area contributed by atoms with Crippen LogP contribution in [0.4, 0.5) is 0 Å². The fraction of sp³-hybridized carbons (Fsp3) is 0.455. The zero-order valence-electron chi connectivity index (χ0n) is 8.82. The summed E-state index contributed by atoms with van der Waals surface area (Å²) in [7, 11) is 0. The van der Waals surface area contributed by atoms with Crippen LogP contribution >= 0.6 is 0 Å². The molecule has 0 unspecified atom stereocenters. The molecule has 0 radical (unpaired) electrons. The third-order valence-corrected chi connectivity index (χ3v) is 2.07. The van der Waals surface area contributed by atoms with Crippen LogP contribution in [0.1, 0.15) is 32.4 Å². The quantitative estimate of drug-likeness (QED) is 0.795. The molecule has 0 fully saturated rings. The van der Waals surface area contributed by atoms with E-state index in [1.54, 1.807) is 12.4 Å². The highest BCUT2D eigenvalue weighted by Gasteiger charge is 2.11. The Morgan fingerprint density at radius 1 is 1.43 bits per heavy atom. The van der Waals surface area contributed by atoms with Crippen LogP contribution in [0.5, 0.6) is 0 Å². The maximum atomic E-state index is 11.4. The molecule has 1 heterocycles. The molecule has 76 valence electrons. The molecule has 3 heteroatoms. The summed E-state index contributed by atoms with van der Waals surface area (Å²) < 4.78 is 0. The van der Waals surface area contributed by atoms with Gasteiger partial charge >= 0.3 is 0 Å². The SMILES string of the molecule is CC(C)C(=O)N[C@@H](C)c1cccnc1. The molecule has 1 rings (SSSR count). The average molecular weight is 192 g/mol. The second-order valence-corrected chi connectivity index (χ2v) is 3.67. The number of amides is 1. The first kappa shape index (κ1) is 10.7. The molecule has 1 aromatic heterocycles. The minimum Gasteiger partial charge on any atom is -0.349 e. The van der Waals surface area contributed by atoms with Gasteiger partial charge in [0.25, 0.3) is 0 Å². The van der Waals surface area contributed by atoms with E-state index in [-0.39, 0.29) is 17.9 Å². The van der Waals surface area contributed by atoms with Crippen LogP contribution in [0, 0.1) is 5.92 Å². The van der Waals surface area contributed by atoms with Crippen molar-refractivity contribution in [3.8, 4) is 0 Å². The first-order valence-corrected chi connectivity index (χ1v) is 4.81. The van der Waals surface area contributed by atoms with Crippen LogP contribution in [0.2, 0.25) is 0 Å². The van der Waals surface area contributed by atoms with Gasteiger partial charge in [-0.15, -0.1) is 0 Å². The summed E-state index contributed by atoms with van der Waals surface area (Å²) in [6, 6.07) is 3.85. The number of carbonyl (C=O) groups is 1. The van der Waals surface area contributed by atoms with Crippen LogP contribution < -0.4 is 5.32 Å². The van der Waals surface area contributed by atoms with Gasteiger partial charge in [-0.1, -0.05) is 19.9 Å². The minimum absolute atomic E-state index is 0.0223. The van der Waals surface area contributed by atoms with Gasteiger partial charge in [0.05, 0.1) is 6.04 Å². The van der Waals surface area contributed by atoms with Crippen molar-refractivity contribution in [1.29, 1.82) is 0 Å². The predicted molar refractivity (Wildman–Crippen MR) is 55.6 cm³/mol. The topological polar surface area (TPSA) is 42.0 Å². The summed E-state index contributed by atoms with van der Waals surface area (Å²) in [5.41, 5.74) is 1.03. The standard InChI is InChI=1S/C11H16N2O/c1-8(2)11(14)13-9(3)10-5-4-6-12-7-10/h4-9H,1-3H3,(H,13,14)/t9-/m0/s1. The Labute approximate surface area is 84.6 Å². The smallest absolute Gasteiger partial charge is 0.223 e. The molecule has 1 aromatic rings. The third-order valence-electron chi connectivity index (χ3n) is 2.07. The monoisotopic (exact) mass is 192 g/mol. The molecule has 1 amide bonds. The molecule has 0 bridgehead atoms. The van der Waals surface area contributed by atoms with Crippen molar-refractivity contribution in [2.45, 2.75) is 26.8 Å². The highest BCUT2D eigenvalue weighted by Crippen LogP contribution is 2.10. The molecule has 0 aromatic carbocycles. The fourth-order valence-electron chi connectivity index (χ4n) is 1.10. The van der Waals surface area contributed by atoms with Gasteiger partial charge in [0.15, 0.2) is 0 Å². The summed E-state index contributed by atoms with van der Waals surface area (Å²) in [6.07, 6.45) is 3.49. The van der Waals surface area contributed by atoms with Crippen LogP contribution in [0.15, 0.2) is 24.5 Å². The number of nitrogens with zero attached hydrogens (tertiary/aromatic N) is 1. The Hall–Kier alpha value is -1.38. The number of hydrogen-bond donors (Lipinski definition) is 1. The molecular weight excluding hydrogens is 176 g/mol. The molecule has 3 nitrogen and oxygen atoms in total. The van der Waals surface area contributed by atoms with Gasteiger partial charge in [-0.05, 0) is 18.6 Å². The molecular formula is C11H16N2O. The molecule has 0 spiro atoms. The number of aromatic nitrogens is 1. The lowest BCUT2D eigenvalue weighted by Crippen LogP contribution is -2.30. The Bertz CT molecular complexity index is 295. The van der Waals surface area contributed by atoms with Crippen LogP contribution in [0.3, 0.4) is 0 Å². The molecule has 0 aliphatic rings. The molecule has 0 saturated heterocycles. The zero-order chi connectivity index (χ0) is 10.6. The third kappa shape index (κ3) is 2.83. The van der Waals surface area contributed by atoms with Crippen LogP contribution in [-0.2, 0) is 4.79 Å². The molecule has 1 atom stereocenters. The average Bonchev–Trinajstić information content (AvgIpc) is 2.19. The molecule has 0 aliphatic heterocycles. The zero-order valence-corrected chi connectivity index (χ0v) is 8.82. The van der Waals surface area contributed by atoms with Crippen molar-refractivity contribution in [3.63, 3.8) is 0 Å². The lowest BCUT2D eigenvalue weighted by Gasteiger charge is -2.15. The highest BCUT2D eigenvalue weighted by molar-refractivity contribution is 5.78. The van der Waals surface area contributed by atoms with Gasteiger partial charge in [-0.25, -0.2) is 0 Å². The lowest BCUT2D eigenvalue weighted by molar-refractivity contribution is -0.124. The minimum atomic E-state index is 0.0223. The van der Waals surface area contributed by atoms with Gasteiger partial charge in [0.2, 0.25) is 5.91 Å². The van der Waals surface area contributed by atoms with Gasteiger partial charge in [0, 0.05) is 18.3 Å². The molecule has 0 aliphatic carbocycles. The van der Waals surface area contributed by atoms with Gasteiger partial charge in [0.1, 0.15) is 0 Å². The Kier molecular flexibility index (Phi) is 3.63. The second kappa shape index (κ2) is 4.74. The number of rotatable bonds is 3. The number of hydrogen-bond acceptors (Lipinski definition) is 2. The van der Waals surface area contributed by atoms with Crippen molar-refractivity contribution in [2.75, 3.05) is 0 Å². The summed E-state index contributed by atoms with van der Waals surface area (Å²) in [5.74, 6) is 0.0930. The van der Waals surface area contributed by atoms with Crippen LogP contribution in [0.25, 0.3) is 0 Å². The van der Waals surface area contributed by atoms with Gasteiger partial charge in [-0.3, -0.25) is 9.78 Å². The van der Waals surface area contributed by atoms with E-state index in [1.807, 2.05) is 32.9 Å². The molecule has 1 N–H and O–H groups in total. The van der Waals surface area contributed by atoms with Crippen molar-refractivity contribution in [3.05, 3.63) is 30.1 Å². The number of carbonyl (C=O) groups excluding carboxylic acids is 1. The van der Waals surface area contributed by atoms with E-state index in [1.165, 1.54) is 0 Å². The summed E-state index contributed by atoms with van der Waals surface area (Å²) in [5, 5.41) is 2.92. The van der Waals surface area contributed by atoms with E-state index >= 15 is 0 Å². The predicted octanol–water partition coefficient (Wildman–Crippen LogP) is 1.91. The fourth-order valence-corrected chi connectivity index (χ4v) is 1.10. The van der Waals surface area contributed by atoms with Crippen LogP contribution in [-0.4, -0.2) is 10.9 Å². The Morgan fingerprint density at radius 2 is 2.14 bits per heavy atom. The van der Waals surface area contributed by atoms with E-state index in [0.717, 1.165) is 5.56 Å². The van der Waals surface area contributed by atoms with E-state index in [2.05, 4.69) is 10.3 Å². The van der Waals surface area contributed by atoms with Gasteiger partial charge in [-0.2, -0.15) is 0 Å². The first-order chi connectivity index (χ1) is 6.61.